The van der Waals surface area contributed by atoms with Crippen LogP contribution in [0.5, 0.6) is 0 Å². The Labute approximate surface area is 136 Å². The van der Waals surface area contributed by atoms with Gasteiger partial charge in [-0.1, -0.05) is 60.7 Å². The maximum atomic E-state index is 12.5. The zero-order valence-electron chi connectivity index (χ0n) is 13.6. The molecule has 0 spiro atoms. The summed E-state index contributed by atoms with van der Waals surface area (Å²) in [6.45, 7) is 5.14. The number of esters is 2. The Balaban J connectivity index is 2.37. The average Bonchev–Trinajstić information content (AvgIpc) is 2.53. The van der Waals surface area contributed by atoms with E-state index in [0.29, 0.717) is 11.1 Å². The average molecular weight is 308 g/mol. The van der Waals surface area contributed by atoms with E-state index < -0.39 is 17.4 Å². The highest BCUT2D eigenvalue weighted by molar-refractivity contribution is 6.23. The fraction of sp³-hybridized carbons (Fsp3) is 0.200. The normalized spacial score (nSPS) is 11.9. The minimum Gasteiger partial charge on any atom is -0.389 e. The molecule has 0 amide bonds. The van der Waals surface area contributed by atoms with Crippen molar-refractivity contribution in [3.63, 3.8) is 0 Å². The number of rotatable bonds is 3. The van der Waals surface area contributed by atoms with E-state index in [-0.39, 0.29) is 0 Å². The molecule has 3 heteroatoms. The number of benzene rings is 2. The van der Waals surface area contributed by atoms with E-state index >= 15 is 0 Å². The Bertz CT molecular complexity index is 708. The molecule has 0 aromatic heterocycles. The fourth-order valence-electron chi connectivity index (χ4n) is 1.89. The van der Waals surface area contributed by atoms with E-state index in [1.54, 1.807) is 26.8 Å². The van der Waals surface area contributed by atoms with E-state index in [2.05, 4.69) is 0 Å². The third kappa shape index (κ3) is 4.65. The summed E-state index contributed by atoms with van der Waals surface area (Å²) in [5.74, 6) is -1.18. The van der Waals surface area contributed by atoms with Crippen molar-refractivity contribution in [1.82, 2.24) is 0 Å². The second kappa shape index (κ2) is 7.05. The summed E-state index contributed by atoms with van der Waals surface area (Å²) in [6.07, 6.45) is 1.73. The quantitative estimate of drug-likeness (QED) is 0.366. The van der Waals surface area contributed by atoms with Crippen molar-refractivity contribution in [2.45, 2.75) is 20.8 Å². The Morgan fingerprint density at radius 1 is 0.870 bits per heavy atom. The molecule has 0 N–H and O–H groups in total. The van der Waals surface area contributed by atoms with E-state index in [1.165, 1.54) is 0 Å². The molecular formula is C20H20O3. The van der Waals surface area contributed by atoms with Gasteiger partial charge >= 0.3 is 11.9 Å². The van der Waals surface area contributed by atoms with Crippen molar-refractivity contribution in [1.29, 1.82) is 0 Å². The number of hydrogen-bond acceptors (Lipinski definition) is 3. The molecule has 2 aromatic rings. The molecule has 0 aliphatic carbocycles. The zero-order valence-corrected chi connectivity index (χ0v) is 13.6. The molecule has 118 valence electrons. The van der Waals surface area contributed by atoms with Gasteiger partial charge in [-0.3, -0.25) is 4.79 Å². The molecule has 23 heavy (non-hydrogen) atoms. The predicted octanol–water partition coefficient (Wildman–Crippen LogP) is 4.34. The molecule has 0 radical (unpaired) electrons. The molecule has 3 nitrogen and oxygen atoms in total. The number of ether oxygens (including phenoxy) is 1. The molecule has 0 bridgehead atoms. The molecule has 0 heterocycles. The van der Waals surface area contributed by atoms with Crippen LogP contribution in [0, 0.1) is 5.41 Å². The van der Waals surface area contributed by atoms with Gasteiger partial charge in [-0.05, 0) is 38.0 Å². The van der Waals surface area contributed by atoms with Gasteiger partial charge in [-0.25, -0.2) is 4.79 Å². The monoisotopic (exact) mass is 308 g/mol. The summed E-state index contributed by atoms with van der Waals surface area (Å²) >= 11 is 0. The van der Waals surface area contributed by atoms with Gasteiger partial charge in [0.25, 0.3) is 0 Å². The van der Waals surface area contributed by atoms with Crippen molar-refractivity contribution in [3.8, 4) is 0 Å². The minimum atomic E-state index is -0.732. The van der Waals surface area contributed by atoms with Gasteiger partial charge in [0.05, 0.1) is 11.0 Å². The van der Waals surface area contributed by atoms with E-state index in [1.807, 2.05) is 60.7 Å². The van der Waals surface area contributed by atoms with Crippen molar-refractivity contribution < 1.29 is 14.3 Å². The largest absolute Gasteiger partial charge is 0.389 e. The van der Waals surface area contributed by atoms with Crippen molar-refractivity contribution in [2.75, 3.05) is 0 Å². The second-order valence-corrected chi connectivity index (χ2v) is 6.26. The number of carbonyl (C=O) groups is 2. The van der Waals surface area contributed by atoms with Gasteiger partial charge < -0.3 is 4.74 Å². The molecule has 0 fully saturated rings. The van der Waals surface area contributed by atoms with Crippen LogP contribution in [0.3, 0.4) is 0 Å². The predicted molar refractivity (Wildman–Crippen MR) is 91.3 cm³/mol. The SMILES string of the molecule is CC(C)(C)C(=O)OC(=O)/C(=C/c1ccccc1)c1ccccc1. The molecule has 0 saturated carbocycles. The van der Waals surface area contributed by atoms with Crippen LogP contribution < -0.4 is 0 Å². The molecule has 2 aromatic carbocycles. The van der Waals surface area contributed by atoms with Crippen LogP contribution in [0.1, 0.15) is 31.9 Å². The summed E-state index contributed by atoms with van der Waals surface area (Å²) in [5, 5.41) is 0. The van der Waals surface area contributed by atoms with Crippen molar-refractivity contribution in [2.24, 2.45) is 5.41 Å². The van der Waals surface area contributed by atoms with Crippen molar-refractivity contribution >= 4 is 23.6 Å². The van der Waals surface area contributed by atoms with Crippen LogP contribution >= 0.6 is 0 Å². The Morgan fingerprint density at radius 3 is 1.91 bits per heavy atom. The first-order chi connectivity index (χ1) is 10.9. The Hall–Kier alpha value is -2.68. The lowest BCUT2D eigenvalue weighted by atomic mass is 9.97. The molecule has 2 rings (SSSR count). The Morgan fingerprint density at radius 2 is 1.39 bits per heavy atom. The summed E-state index contributed by atoms with van der Waals surface area (Å²) in [7, 11) is 0. The second-order valence-electron chi connectivity index (χ2n) is 6.26. The lowest BCUT2D eigenvalue weighted by Crippen LogP contribution is -2.26. The van der Waals surface area contributed by atoms with Gasteiger partial charge in [-0.2, -0.15) is 0 Å². The highest BCUT2D eigenvalue weighted by Crippen LogP contribution is 2.22. The standard InChI is InChI=1S/C20H20O3/c1-20(2,3)19(22)23-18(21)17(16-12-8-5-9-13-16)14-15-10-6-4-7-11-15/h4-14H,1-3H3/b17-14+. The van der Waals surface area contributed by atoms with Crippen LogP contribution in [-0.4, -0.2) is 11.9 Å². The Kier molecular flexibility index (Phi) is 5.12. The van der Waals surface area contributed by atoms with Gasteiger partial charge in [0.2, 0.25) is 0 Å². The topological polar surface area (TPSA) is 43.4 Å². The number of hydrogen-bond donors (Lipinski definition) is 0. The van der Waals surface area contributed by atoms with Gasteiger partial charge in [0.1, 0.15) is 0 Å². The lowest BCUT2D eigenvalue weighted by molar-refractivity contribution is -0.161. The summed E-state index contributed by atoms with van der Waals surface area (Å²) in [5.41, 5.74) is 1.20. The van der Waals surface area contributed by atoms with Crippen LogP contribution in [0.4, 0.5) is 0 Å². The van der Waals surface area contributed by atoms with Crippen LogP contribution in [0.15, 0.2) is 60.7 Å². The van der Waals surface area contributed by atoms with Crippen LogP contribution in [0.25, 0.3) is 11.6 Å². The smallest absolute Gasteiger partial charge is 0.346 e. The van der Waals surface area contributed by atoms with E-state index in [0.717, 1.165) is 5.56 Å². The van der Waals surface area contributed by atoms with E-state index in [9.17, 15) is 9.59 Å². The maximum Gasteiger partial charge on any atom is 0.346 e. The van der Waals surface area contributed by atoms with Crippen LogP contribution in [0.2, 0.25) is 0 Å². The maximum absolute atomic E-state index is 12.5. The molecule has 0 atom stereocenters. The molecule has 0 unspecified atom stereocenters. The molecule has 0 aliphatic rings. The lowest BCUT2D eigenvalue weighted by Gasteiger charge is -2.16. The van der Waals surface area contributed by atoms with Gasteiger partial charge in [-0.15, -0.1) is 0 Å². The van der Waals surface area contributed by atoms with Crippen LogP contribution in [-0.2, 0) is 14.3 Å². The minimum absolute atomic E-state index is 0.356. The number of carbonyl (C=O) groups excluding carboxylic acids is 2. The highest BCUT2D eigenvalue weighted by atomic mass is 16.6. The highest BCUT2D eigenvalue weighted by Gasteiger charge is 2.27. The van der Waals surface area contributed by atoms with Gasteiger partial charge in [0, 0.05) is 0 Å². The summed E-state index contributed by atoms with van der Waals surface area (Å²) in [4.78, 5) is 24.5. The summed E-state index contributed by atoms with van der Waals surface area (Å²) in [6, 6.07) is 18.6. The zero-order chi connectivity index (χ0) is 16.9. The first kappa shape index (κ1) is 16.7. The third-order valence-electron chi connectivity index (χ3n) is 3.21. The molecular weight excluding hydrogens is 288 g/mol. The first-order valence-electron chi connectivity index (χ1n) is 7.47. The van der Waals surface area contributed by atoms with Gasteiger partial charge in [0.15, 0.2) is 0 Å². The fourth-order valence-corrected chi connectivity index (χ4v) is 1.89. The van der Waals surface area contributed by atoms with E-state index in [4.69, 9.17) is 4.74 Å². The van der Waals surface area contributed by atoms with Crippen molar-refractivity contribution in [3.05, 3.63) is 71.8 Å². The third-order valence-corrected chi connectivity index (χ3v) is 3.21. The summed E-state index contributed by atoms with van der Waals surface area (Å²) < 4.78 is 5.06. The molecule has 0 saturated heterocycles. The first-order valence-corrected chi connectivity index (χ1v) is 7.47. The molecule has 0 aliphatic heterocycles.